The Morgan fingerprint density at radius 2 is 1.79 bits per heavy atom. The molecule has 0 unspecified atom stereocenters. The summed E-state index contributed by atoms with van der Waals surface area (Å²) in [5, 5.41) is 7.23. The molecule has 5 nitrogen and oxygen atoms in total. The van der Waals surface area contributed by atoms with Crippen LogP contribution in [0.1, 0.15) is 5.56 Å². The largest absolute Gasteiger partial charge is 0.483 e. The Kier molecular flexibility index (Phi) is 5.17. The molecule has 6 heteroatoms. The molecule has 0 aliphatic rings. The fraction of sp³-hybridized carbons (Fsp3) is 0.0455. The molecule has 0 radical (unpaired) electrons. The number of aromatic nitrogens is 1. The number of para-hydroxylation sites is 1. The van der Waals surface area contributed by atoms with Crippen molar-refractivity contribution in [3.05, 3.63) is 83.5 Å². The van der Waals surface area contributed by atoms with Gasteiger partial charge >= 0.3 is 0 Å². The highest BCUT2D eigenvalue weighted by atomic mass is 35.5. The van der Waals surface area contributed by atoms with E-state index in [1.165, 1.54) is 6.21 Å². The summed E-state index contributed by atoms with van der Waals surface area (Å²) in [5.41, 5.74) is 3.87. The minimum atomic E-state index is -0.367. The fourth-order valence-electron chi connectivity index (χ4n) is 2.87. The van der Waals surface area contributed by atoms with Gasteiger partial charge in [0.15, 0.2) is 6.61 Å². The molecular weight excluding hydrogens is 374 g/mol. The standard InChI is InChI=1S/C22H16ClN3O2/c23-22-17(12-16-7-2-4-10-19(16)25-22)13-24-26-21(27)14-28-20-11-5-8-15-6-1-3-9-18(15)20/h1-13H,14H2,(H,26,27). The van der Waals surface area contributed by atoms with Crippen molar-refractivity contribution in [2.75, 3.05) is 6.61 Å². The van der Waals surface area contributed by atoms with Gasteiger partial charge in [-0.05, 0) is 23.6 Å². The number of rotatable bonds is 5. The molecule has 1 amide bonds. The normalized spacial score (nSPS) is 11.2. The maximum Gasteiger partial charge on any atom is 0.277 e. The van der Waals surface area contributed by atoms with Crippen molar-refractivity contribution in [3.63, 3.8) is 0 Å². The lowest BCUT2D eigenvalue weighted by Crippen LogP contribution is -2.24. The molecule has 4 aromatic rings. The predicted octanol–water partition coefficient (Wildman–Crippen LogP) is 4.57. The molecule has 28 heavy (non-hydrogen) atoms. The molecule has 0 spiro atoms. The molecule has 4 rings (SSSR count). The smallest absolute Gasteiger partial charge is 0.277 e. The van der Waals surface area contributed by atoms with Crippen LogP contribution in [0.5, 0.6) is 5.75 Å². The van der Waals surface area contributed by atoms with Gasteiger partial charge < -0.3 is 4.74 Å². The van der Waals surface area contributed by atoms with Gasteiger partial charge in [0.2, 0.25) is 0 Å². The molecule has 0 saturated heterocycles. The van der Waals surface area contributed by atoms with Gasteiger partial charge in [0.25, 0.3) is 5.91 Å². The second-order valence-corrected chi connectivity index (χ2v) is 6.48. The molecule has 0 atom stereocenters. The first-order chi connectivity index (χ1) is 13.7. The van der Waals surface area contributed by atoms with Gasteiger partial charge in [0, 0.05) is 16.3 Å². The van der Waals surface area contributed by atoms with E-state index in [-0.39, 0.29) is 12.5 Å². The number of fused-ring (bicyclic) bond motifs is 2. The van der Waals surface area contributed by atoms with E-state index in [0.717, 1.165) is 21.7 Å². The maximum absolute atomic E-state index is 12.0. The van der Waals surface area contributed by atoms with Crippen LogP contribution in [-0.4, -0.2) is 23.7 Å². The molecule has 1 N–H and O–H groups in total. The third kappa shape index (κ3) is 3.94. The van der Waals surface area contributed by atoms with Crippen molar-refractivity contribution in [1.82, 2.24) is 10.4 Å². The summed E-state index contributed by atoms with van der Waals surface area (Å²) < 4.78 is 5.64. The molecule has 0 aliphatic heterocycles. The van der Waals surface area contributed by atoms with Crippen LogP contribution in [0.15, 0.2) is 77.9 Å². The average Bonchev–Trinajstić information content (AvgIpc) is 2.72. The number of nitrogens with one attached hydrogen (secondary N) is 1. The molecule has 0 aliphatic carbocycles. The number of halogens is 1. The number of ether oxygens (including phenoxy) is 1. The van der Waals surface area contributed by atoms with Gasteiger partial charge in [0.05, 0.1) is 11.7 Å². The Bertz CT molecular complexity index is 1190. The van der Waals surface area contributed by atoms with Crippen LogP contribution in [0.4, 0.5) is 0 Å². The zero-order valence-electron chi connectivity index (χ0n) is 14.8. The van der Waals surface area contributed by atoms with E-state index >= 15 is 0 Å². The molecule has 3 aromatic carbocycles. The quantitative estimate of drug-likeness (QED) is 0.309. The lowest BCUT2D eigenvalue weighted by Gasteiger charge is -2.08. The first-order valence-electron chi connectivity index (χ1n) is 8.68. The van der Waals surface area contributed by atoms with E-state index in [2.05, 4.69) is 15.5 Å². The molecule has 138 valence electrons. The van der Waals surface area contributed by atoms with Crippen LogP contribution in [-0.2, 0) is 4.79 Å². The van der Waals surface area contributed by atoms with Crippen LogP contribution >= 0.6 is 11.6 Å². The minimum absolute atomic E-state index is 0.144. The van der Waals surface area contributed by atoms with Crippen molar-refractivity contribution < 1.29 is 9.53 Å². The number of hydrazone groups is 1. The van der Waals surface area contributed by atoms with Gasteiger partial charge in [-0.2, -0.15) is 5.10 Å². The van der Waals surface area contributed by atoms with Gasteiger partial charge in [-0.15, -0.1) is 0 Å². The maximum atomic E-state index is 12.0. The number of benzene rings is 3. The predicted molar refractivity (Wildman–Crippen MR) is 112 cm³/mol. The first-order valence-corrected chi connectivity index (χ1v) is 9.06. The fourth-order valence-corrected chi connectivity index (χ4v) is 3.06. The lowest BCUT2D eigenvalue weighted by atomic mass is 10.1. The number of carbonyl (C=O) groups is 1. The third-order valence-electron chi connectivity index (χ3n) is 4.21. The number of carbonyl (C=O) groups excluding carboxylic acids is 1. The SMILES string of the molecule is O=C(COc1cccc2ccccc12)NN=Cc1cc2ccccc2nc1Cl. The number of hydrogen-bond acceptors (Lipinski definition) is 4. The average molecular weight is 390 g/mol. The van der Waals surface area contributed by atoms with Crippen molar-refractivity contribution in [2.45, 2.75) is 0 Å². The van der Waals surface area contributed by atoms with E-state index in [4.69, 9.17) is 16.3 Å². The van der Waals surface area contributed by atoms with Crippen LogP contribution < -0.4 is 10.2 Å². The summed E-state index contributed by atoms with van der Waals surface area (Å²) >= 11 is 6.18. The molecule has 0 bridgehead atoms. The summed E-state index contributed by atoms with van der Waals surface area (Å²) in [6, 6.07) is 23.1. The number of pyridine rings is 1. The summed E-state index contributed by atoms with van der Waals surface area (Å²) in [4.78, 5) is 16.4. The summed E-state index contributed by atoms with van der Waals surface area (Å²) in [7, 11) is 0. The second-order valence-electron chi connectivity index (χ2n) is 6.12. The first kappa shape index (κ1) is 17.9. The van der Waals surface area contributed by atoms with Crippen LogP contribution in [0.25, 0.3) is 21.7 Å². The van der Waals surface area contributed by atoms with E-state index < -0.39 is 0 Å². The highest BCUT2D eigenvalue weighted by Crippen LogP contribution is 2.25. The second kappa shape index (κ2) is 8.06. The lowest BCUT2D eigenvalue weighted by molar-refractivity contribution is -0.123. The Morgan fingerprint density at radius 3 is 2.68 bits per heavy atom. The minimum Gasteiger partial charge on any atom is -0.483 e. The Balaban J connectivity index is 1.40. The number of amides is 1. The monoisotopic (exact) mass is 389 g/mol. The van der Waals surface area contributed by atoms with E-state index in [0.29, 0.717) is 16.5 Å². The van der Waals surface area contributed by atoms with E-state index in [1.54, 1.807) is 0 Å². The van der Waals surface area contributed by atoms with Crippen molar-refractivity contribution in [2.24, 2.45) is 5.10 Å². The van der Waals surface area contributed by atoms with Crippen LogP contribution in [0.3, 0.4) is 0 Å². The van der Waals surface area contributed by atoms with Gasteiger partial charge in [-0.3, -0.25) is 4.79 Å². The van der Waals surface area contributed by atoms with Crippen LogP contribution in [0.2, 0.25) is 5.15 Å². The molecule has 0 fully saturated rings. The summed E-state index contributed by atoms with van der Waals surface area (Å²) in [6.07, 6.45) is 1.47. The molecular formula is C22H16ClN3O2. The highest BCUT2D eigenvalue weighted by Gasteiger charge is 2.06. The van der Waals surface area contributed by atoms with Gasteiger partial charge in [0.1, 0.15) is 10.9 Å². The van der Waals surface area contributed by atoms with Crippen LogP contribution in [0, 0.1) is 0 Å². The number of nitrogens with zero attached hydrogens (tertiary/aromatic N) is 2. The number of hydrogen-bond donors (Lipinski definition) is 1. The van der Waals surface area contributed by atoms with E-state index in [1.807, 2.05) is 72.8 Å². The zero-order valence-corrected chi connectivity index (χ0v) is 15.6. The Labute approximate surface area is 166 Å². The highest BCUT2D eigenvalue weighted by molar-refractivity contribution is 6.32. The summed E-state index contributed by atoms with van der Waals surface area (Å²) in [6.45, 7) is -0.144. The third-order valence-corrected chi connectivity index (χ3v) is 4.51. The molecule has 0 saturated carbocycles. The Hall–Kier alpha value is -3.44. The van der Waals surface area contributed by atoms with Gasteiger partial charge in [-0.25, -0.2) is 10.4 Å². The van der Waals surface area contributed by atoms with Crippen molar-refractivity contribution >= 4 is 45.4 Å². The molecule has 1 aromatic heterocycles. The topological polar surface area (TPSA) is 63.6 Å². The van der Waals surface area contributed by atoms with Crippen molar-refractivity contribution in [1.29, 1.82) is 0 Å². The summed E-state index contributed by atoms with van der Waals surface area (Å²) in [5.74, 6) is 0.285. The zero-order chi connectivity index (χ0) is 19.3. The molecule has 1 heterocycles. The van der Waals surface area contributed by atoms with Gasteiger partial charge in [-0.1, -0.05) is 66.2 Å². The van der Waals surface area contributed by atoms with E-state index in [9.17, 15) is 4.79 Å². The Morgan fingerprint density at radius 1 is 1.04 bits per heavy atom. The van der Waals surface area contributed by atoms with Crippen molar-refractivity contribution in [3.8, 4) is 5.75 Å².